The monoisotopic (exact) mass is 262 g/mol. The van der Waals surface area contributed by atoms with Crippen molar-refractivity contribution in [2.24, 2.45) is 0 Å². The van der Waals surface area contributed by atoms with Crippen molar-refractivity contribution in [2.75, 3.05) is 32.0 Å². The van der Waals surface area contributed by atoms with Crippen LogP contribution < -0.4 is 0 Å². The minimum absolute atomic E-state index is 0.184. The molecule has 0 aromatic carbocycles. The van der Waals surface area contributed by atoms with Crippen molar-refractivity contribution in [3.05, 3.63) is 0 Å². The molecule has 0 amide bonds. The fourth-order valence-electron chi connectivity index (χ4n) is 2.81. The van der Waals surface area contributed by atoms with E-state index in [1.165, 1.54) is 0 Å². The summed E-state index contributed by atoms with van der Waals surface area (Å²) in [5.41, 5.74) is 0. The summed E-state index contributed by atoms with van der Waals surface area (Å²) in [7, 11) is -3.06. The van der Waals surface area contributed by atoms with Gasteiger partial charge in [0.25, 0.3) is 0 Å². The smallest absolute Gasteiger partial charge is 0.213 e. The van der Waals surface area contributed by atoms with E-state index in [4.69, 9.17) is 0 Å². The Labute approximate surface area is 103 Å². The second-order valence-electron chi connectivity index (χ2n) is 4.93. The van der Waals surface area contributed by atoms with E-state index in [1.54, 1.807) is 11.2 Å². The number of nitrogens with zero attached hydrogens (tertiary/aromatic N) is 2. The van der Waals surface area contributed by atoms with E-state index in [0.717, 1.165) is 25.8 Å². The van der Waals surface area contributed by atoms with Crippen molar-refractivity contribution in [2.45, 2.75) is 38.3 Å². The summed E-state index contributed by atoms with van der Waals surface area (Å²) in [5, 5.41) is 9.19. The molecule has 1 N–H and O–H groups in total. The molecule has 2 saturated heterocycles. The highest BCUT2D eigenvalue weighted by molar-refractivity contribution is 7.89. The number of aliphatic hydroxyl groups excluding tert-OH is 1. The summed E-state index contributed by atoms with van der Waals surface area (Å²) < 4.78 is 25.4. The average Bonchev–Trinajstić information content (AvgIpc) is 2.28. The van der Waals surface area contributed by atoms with Crippen LogP contribution in [0.3, 0.4) is 0 Å². The highest BCUT2D eigenvalue weighted by Crippen LogP contribution is 2.29. The highest BCUT2D eigenvalue weighted by Gasteiger charge is 2.40. The summed E-state index contributed by atoms with van der Waals surface area (Å²) in [5.74, 6) is 0.184. The molecule has 2 atom stereocenters. The van der Waals surface area contributed by atoms with Crippen molar-refractivity contribution in [1.82, 2.24) is 9.21 Å². The van der Waals surface area contributed by atoms with Crippen LogP contribution in [0.1, 0.15) is 26.2 Å². The lowest BCUT2D eigenvalue weighted by Gasteiger charge is -2.50. The molecule has 0 saturated carbocycles. The molecule has 5 nitrogen and oxygen atoms in total. The largest absolute Gasteiger partial charge is 0.395 e. The SMILES string of the molecule is CCS(=O)(=O)N1CCCCN2[C@H](CO)C[C@@H]2C1. The third-order valence-electron chi connectivity index (χ3n) is 3.94. The molecule has 100 valence electrons. The Bertz CT molecular complexity index is 358. The zero-order valence-electron chi connectivity index (χ0n) is 10.4. The van der Waals surface area contributed by atoms with Gasteiger partial charge in [0, 0.05) is 25.2 Å². The first-order valence-electron chi connectivity index (χ1n) is 6.43. The summed E-state index contributed by atoms with van der Waals surface area (Å²) >= 11 is 0. The standard InChI is InChI=1S/C11H22N2O3S/c1-2-17(15,16)12-5-3-4-6-13-10(8-12)7-11(13)9-14/h10-11,14H,2-9H2,1H3/t10-,11+/m1/s1. The van der Waals surface area contributed by atoms with Crippen molar-refractivity contribution in [3.8, 4) is 0 Å². The molecule has 2 fully saturated rings. The first-order valence-corrected chi connectivity index (χ1v) is 8.04. The number of aliphatic hydroxyl groups is 1. The van der Waals surface area contributed by atoms with Gasteiger partial charge in [-0.05, 0) is 32.7 Å². The molecule has 2 aliphatic heterocycles. The molecule has 17 heavy (non-hydrogen) atoms. The maximum atomic E-state index is 11.9. The lowest BCUT2D eigenvalue weighted by Crippen LogP contribution is -2.62. The van der Waals surface area contributed by atoms with Crippen LogP contribution in [0.2, 0.25) is 0 Å². The Morgan fingerprint density at radius 2 is 2.00 bits per heavy atom. The van der Waals surface area contributed by atoms with E-state index in [2.05, 4.69) is 4.90 Å². The van der Waals surface area contributed by atoms with Crippen LogP contribution in [0.4, 0.5) is 0 Å². The first-order chi connectivity index (χ1) is 8.08. The van der Waals surface area contributed by atoms with Gasteiger partial charge in [0.05, 0.1) is 12.4 Å². The third-order valence-corrected chi connectivity index (χ3v) is 5.79. The van der Waals surface area contributed by atoms with E-state index in [9.17, 15) is 13.5 Å². The van der Waals surface area contributed by atoms with Gasteiger partial charge in [-0.3, -0.25) is 4.90 Å². The van der Waals surface area contributed by atoms with Gasteiger partial charge in [-0.2, -0.15) is 0 Å². The maximum absolute atomic E-state index is 11.9. The fourth-order valence-corrected chi connectivity index (χ4v) is 3.98. The second kappa shape index (κ2) is 5.22. The lowest BCUT2D eigenvalue weighted by atomic mass is 9.92. The Morgan fingerprint density at radius 1 is 1.29 bits per heavy atom. The molecule has 0 bridgehead atoms. The number of fused-ring (bicyclic) bond motifs is 1. The van der Waals surface area contributed by atoms with Gasteiger partial charge in [0.1, 0.15) is 0 Å². The molecule has 0 aliphatic carbocycles. The molecule has 0 radical (unpaired) electrons. The molecule has 0 unspecified atom stereocenters. The number of hydrogen-bond donors (Lipinski definition) is 1. The normalized spacial score (nSPS) is 32.4. The molecule has 2 heterocycles. The quantitative estimate of drug-likeness (QED) is 0.769. The Balaban J connectivity index is 2.03. The van der Waals surface area contributed by atoms with E-state index < -0.39 is 10.0 Å². The van der Waals surface area contributed by atoms with E-state index in [-0.39, 0.29) is 18.4 Å². The van der Waals surface area contributed by atoms with Gasteiger partial charge in [-0.15, -0.1) is 0 Å². The number of rotatable bonds is 3. The van der Waals surface area contributed by atoms with Crippen molar-refractivity contribution in [3.63, 3.8) is 0 Å². The van der Waals surface area contributed by atoms with Crippen LogP contribution in [0.5, 0.6) is 0 Å². The number of hydrogen-bond acceptors (Lipinski definition) is 4. The summed E-state index contributed by atoms with van der Waals surface area (Å²) in [6.45, 7) is 4.15. The highest BCUT2D eigenvalue weighted by atomic mass is 32.2. The van der Waals surface area contributed by atoms with Crippen molar-refractivity contribution >= 4 is 10.0 Å². The van der Waals surface area contributed by atoms with Crippen LogP contribution in [-0.2, 0) is 10.0 Å². The van der Waals surface area contributed by atoms with Crippen LogP contribution in [-0.4, -0.2) is 66.8 Å². The van der Waals surface area contributed by atoms with Gasteiger partial charge >= 0.3 is 0 Å². The van der Waals surface area contributed by atoms with Gasteiger partial charge in [0.2, 0.25) is 10.0 Å². The fraction of sp³-hybridized carbons (Fsp3) is 1.00. The summed E-state index contributed by atoms with van der Waals surface area (Å²) in [6, 6.07) is 0.568. The Hall–Kier alpha value is -0.170. The molecule has 0 aromatic rings. The van der Waals surface area contributed by atoms with Crippen LogP contribution >= 0.6 is 0 Å². The molecule has 6 heteroatoms. The van der Waals surface area contributed by atoms with Crippen LogP contribution in [0, 0.1) is 0 Å². The molecule has 2 rings (SSSR count). The summed E-state index contributed by atoms with van der Waals surface area (Å²) in [4.78, 5) is 2.26. The van der Waals surface area contributed by atoms with E-state index >= 15 is 0 Å². The predicted molar refractivity (Wildman–Crippen MR) is 66.3 cm³/mol. The molecule has 0 spiro atoms. The maximum Gasteiger partial charge on any atom is 0.213 e. The van der Waals surface area contributed by atoms with E-state index in [1.807, 2.05) is 0 Å². The van der Waals surface area contributed by atoms with Crippen LogP contribution in [0.25, 0.3) is 0 Å². The lowest BCUT2D eigenvalue weighted by molar-refractivity contribution is -0.0306. The second-order valence-corrected chi connectivity index (χ2v) is 7.19. The molecule has 2 aliphatic rings. The molecular weight excluding hydrogens is 240 g/mol. The van der Waals surface area contributed by atoms with Crippen molar-refractivity contribution in [1.29, 1.82) is 0 Å². The van der Waals surface area contributed by atoms with E-state index in [0.29, 0.717) is 19.1 Å². The van der Waals surface area contributed by atoms with Crippen LogP contribution in [0.15, 0.2) is 0 Å². The Kier molecular flexibility index (Phi) is 4.07. The number of sulfonamides is 1. The minimum atomic E-state index is -3.06. The van der Waals surface area contributed by atoms with Crippen molar-refractivity contribution < 1.29 is 13.5 Å². The minimum Gasteiger partial charge on any atom is -0.395 e. The summed E-state index contributed by atoms with van der Waals surface area (Å²) in [6.07, 6.45) is 2.86. The van der Waals surface area contributed by atoms with Gasteiger partial charge in [-0.1, -0.05) is 0 Å². The third kappa shape index (κ3) is 2.65. The zero-order chi connectivity index (χ0) is 12.5. The molecular formula is C11H22N2O3S. The zero-order valence-corrected chi connectivity index (χ0v) is 11.2. The average molecular weight is 262 g/mol. The van der Waals surface area contributed by atoms with Gasteiger partial charge < -0.3 is 5.11 Å². The topological polar surface area (TPSA) is 60.9 Å². The van der Waals surface area contributed by atoms with Gasteiger partial charge in [0.15, 0.2) is 0 Å². The first kappa shape index (κ1) is 13.3. The molecule has 0 aromatic heterocycles. The predicted octanol–water partition coefficient (Wildman–Crippen LogP) is -0.133. The Morgan fingerprint density at radius 3 is 2.65 bits per heavy atom. The van der Waals surface area contributed by atoms with Gasteiger partial charge in [-0.25, -0.2) is 12.7 Å².